The molecule has 0 spiro atoms. The number of likely N-dealkylation sites (tertiary alicyclic amines) is 1. The summed E-state index contributed by atoms with van der Waals surface area (Å²) in [5, 5.41) is 12.5. The zero-order valence-corrected chi connectivity index (χ0v) is 11.8. The van der Waals surface area contributed by atoms with Crippen LogP contribution in [0.2, 0.25) is 0 Å². The molecule has 2 heterocycles. The summed E-state index contributed by atoms with van der Waals surface area (Å²) in [6, 6.07) is 0. The Bertz CT molecular complexity index is 370. The van der Waals surface area contributed by atoms with Crippen LogP contribution in [0.15, 0.2) is 5.38 Å². The molecule has 1 aliphatic rings. The fourth-order valence-electron chi connectivity index (χ4n) is 2.16. The first kappa shape index (κ1) is 13.0. The molecule has 4 heteroatoms. The summed E-state index contributed by atoms with van der Waals surface area (Å²) in [7, 11) is 0. The van der Waals surface area contributed by atoms with Crippen molar-refractivity contribution in [2.45, 2.75) is 39.2 Å². The van der Waals surface area contributed by atoms with Gasteiger partial charge in [0.2, 0.25) is 0 Å². The van der Waals surface area contributed by atoms with E-state index in [1.54, 1.807) is 11.3 Å². The number of aliphatic hydroxyl groups excluding tert-OH is 1. The molecule has 3 nitrogen and oxygen atoms in total. The molecule has 1 unspecified atom stereocenters. The third-order valence-corrected chi connectivity index (χ3v) is 4.52. The van der Waals surface area contributed by atoms with Crippen LogP contribution in [0.5, 0.6) is 0 Å². The molecular weight excluding hydrogens is 232 g/mol. The quantitative estimate of drug-likeness (QED) is 0.899. The average Bonchev–Trinajstić information content (AvgIpc) is 2.86. The Morgan fingerprint density at radius 2 is 2.29 bits per heavy atom. The van der Waals surface area contributed by atoms with Crippen LogP contribution in [-0.4, -0.2) is 34.7 Å². The molecule has 1 aliphatic heterocycles. The molecule has 1 saturated heterocycles. The highest BCUT2D eigenvalue weighted by Gasteiger charge is 2.23. The fraction of sp³-hybridized carbons (Fsp3) is 0.769. The van der Waals surface area contributed by atoms with E-state index in [2.05, 4.69) is 31.1 Å². The number of thiazole rings is 1. The number of rotatable bonds is 3. The lowest BCUT2D eigenvalue weighted by molar-refractivity contribution is 0.219. The molecule has 0 aliphatic carbocycles. The van der Waals surface area contributed by atoms with Crippen molar-refractivity contribution in [3.05, 3.63) is 16.1 Å². The van der Waals surface area contributed by atoms with Gasteiger partial charge in [-0.05, 0) is 18.9 Å². The van der Waals surface area contributed by atoms with E-state index in [0.29, 0.717) is 12.5 Å². The van der Waals surface area contributed by atoms with Gasteiger partial charge in [0.1, 0.15) is 0 Å². The van der Waals surface area contributed by atoms with Crippen molar-refractivity contribution in [3.8, 4) is 0 Å². The van der Waals surface area contributed by atoms with E-state index < -0.39 is 0 Å². The number of aliphatic hydroxyl groups is 1. The largest absolute Gasteiger partial charge is 0.396 e. The molecule has 0 amide bonds. The maximum Gasteiger partial charge on any atom is 0.0982 e. The minimum atomic E-state index is 0.154. The Hall–Kier alpha value is -0.450. The van der Waals surface area contributed by atoms with Crippen molar-refractivity contribution in [2.24, 2.45) is 5.92 Å². The number of nitrogens with zero attached hydrogens (tertiary/aromatic N) is 2. The van der Waals surface area contributed by atoms with Gasteiger partial charge in [-0.2, -0.15) is 0 Å². The van der Waals surface area contributed by atoms with Crippen LogP contribution >= 0.6 is 11.3 Å². The Morgan fingerprint density at radius 1 is 1.53 bits per heavy atom. The van der Waals surface area contributed by atoms with Gasteiger partial charge in [0.25, 0.3) is 0 Å². The summed E-state index contributed by atoms with van der Waals surface area (Å²) in [5.74, 6) is 0.468. The molecule has 0 saturated carbocycles. The summed E-state index contributed by atoms with van der Waals surface area (Å²) >= 11 is 1.76. The monoisotopic (exact) mass is 254 g/mol. The predicted molar refractivity (Wildman–Crippen MR) is 71.3 cm³/mol. The van der Waals surface area contributed by atoms with Gasteiger partial charge >= 0.3 is 0 Å². The van der Waals surface area contributed by atoms with E-state index in [-0.39, 0.29) is 5.41 Å². The number of hydrogen-bond acceptors (Lipinski definition) is 4. The minimum absolute atomic E-state index is 0.154. The SMILES string of the molecule is CC(C)(C)c1nc(CN2CCC(CO)C2)cs1. The van der Waals surface area contributed by atoms with E-state index >= 15 is 0 Å². The molecular formula is C13H22N2OS. The second kappa shape index (κ2) is 5.04. The summed E-state index contributed by atoms with van der Waals surface area (Å²) in [6.45, 7) is 9.96. The second-order valence-electron chi connectivity index (χ2n) is 5.97. The lowest BCUT2D eigenvalue weighted by atomic mass is 9.98. The maximum atomic E-state index is 9.12. The summed E-state index contributed by atoms with van der Waals surface area (Å²) in [4.78, 5) is 7.10. The van der Waals surface area contributed by atoms with Crippen molar-refractivity contribution in [3.63, 3.8) is 0 Å². The Kier molecular flexibility index (Phi) is 3.85. The highest BCUT2D eigenvalue weighted by Crippen LogP contribution is 2.26. The van der Waals surface area contributed by atoms with Gasteiger partial charge in [0.15, 0.2) is 0 Å². The van der Waals surface area contributed by atoms with Crippen molar-refractivity contribution >= 4 is 11.3 Å². The Morgan fingerprint density at radius 3 is 2.82 bits per heavy atom. The molecule has 0 aromatic carbocycles. The molecule has 1 aromatic heterocycles. The van der Waals surface area contributed by atoms with Gasteiger partial charge in [-0.1, -0.05) is 20.8 Å². The first-order valence-corrected chi connectivity index (χ1v) is 7.15. The number of aromatic nitrogens is 1. The van der Waals surface area contributed by atoms with Gasteiger partial charge in [-0.3, -0.25) is 4.90 Å². The zero-order chi connectivity index (χ0) is 12.5. The van der Waals surface area contributed by atoms with E-state index in [9.17, 15) is 0 Å². The van der Waals surface area contributed by atoms with E-state index in [1.807, 2.05) is 0 Å². The summed E-state index contributed by atoms with van der Waals surface area (Å²) < 4.78 is 0. The van der Waals surface area contributed by atoms with E-state index in [4.69, 9.17) is 10.1 Å². The predicted octanol–water partition coefficient (Wildman–Crippen LogP) is 2.25. The fourth-order valence-corrected chi connectivity index (χ4v) is 3.06. The Labute approximate surface area is 107 Å². The third kappa shape index (κ3) is 3.27. The first-order valence-electron chi connectivity index (χ1n) is 6.27. The van der Waals surface area contributed by atoms with Crippen LogP contribution in [0.25, 0.3) is 0 Å². The summed E-state index contributed by atoms with van der Waals surface area (Å²) in [5.41, 5.74) is 1.33. The highest BCUT2D eigenvalue weighted by molar-refractivity contribution is 7.09. The lowest BCUT2D eigenvalue weighted by Crippen LogP contribution is -2.21. The average molecular weight is 254 g/mol. The molecule has 96 valence electrons. The van der Waals surface area contributed by atoms with Crippen LogP contribution in [0, 0.1) is 5.92 Å². The van der Waals surface area contributed by atoms with Gasteiger partial charge < -0.3 is 5.11 Å². The zero-order valence-electron chi connectivity index (χ0n) is 10.9. The molecule has 1 aromatic rings. The smallest absolute Gasteiger partial charge is 0.0982 e. The van der Waals surface area contributed by atoms with Crippen molar-refractivity contribution in [1.82, 2.24) is 9.88 Å². The Balaban J connectivity index is 1.94. The van der Waals surface area contributed by atoms with Gasteiger partial charge in [0.05, 0.1) is 10.7 Å². The van der Waals surface area contributed by atoms with Gasteiger partial charge in [0, 0.05) is 30.5 Å². The molecule has 1 atom stereocenters. The maximum absolute atomic E-state index is 9.12. The lowest BCUT2D eigenvalue weighted by Gasteiger charge is -2.15. The van der Waals surface area contributed by atoms with Crippen LogP contribution in [0.3, 0.4) is 0 Å². The van der Waals surface area contributed by atoms with Crippen molar-refractivity contribution in [2.75, 3.05) is 19.7 Å². The molecule has 0 radical (unpaired) electrons. The van der Waals surface area contributed by atoms with Crippen LogP contribution in [-0.2, 0) is 12.0 Å². The van der Waals surface area contributed by atoms with Crippen molar-refractivity contribution in [1.29, 1.82) is 0 Å². The topological polar surface area (TPSA) is 36.4 Å². The molecule has 1 N–H and O–H groups in total. The van der Waals surface area contributed by atoms with E-state index in [0.717, 1.165) is 26.1 Å². The summed E-state index contributed by atoms with van der Waals surface area (Å²) in [6.07, 6.45) is 1.12. The molecule has 0 bridgehead atoms. The molecule has 17 heavy (non-hydrogen) atoms. The normalized spacial score (nSPS) is 22.2. The van der Waals surface area contributed by atoms with E-state index in [1.165, 1.54) is 10.7 Å². The second-order valence-corrected chi connectivity index (χ2v) is 6.82. The van der Waals surface area contributed by atoms with Crippen LogP contribution in [0.4, 0.5) is 0 Å². The van der Waals surface area contributed by atoms with Crippen LogP contribution < -0.4 is 0 Å². The van der Waals surface area contributed by atoms with Crippen LogP contribution in [0.1, 0.15) is 37.9 Å². The van der Waals surface area contributed by atoms with Gasteiger partial charge in [-0.15, -0.1) is 11.3 Å². The number of hydrogen-bond donors (Lipinski definition) is 1. The van der Waals surface area contributed by atoms with Gasteiger partial charge in [-0.25, -0.2) is 4.98 Å². The molecule has 1 fully saturated rings. The van der Waals surface area contributed by atoms with Crippen molar-refractivity contribution < 1.29 is 5.11 Å². The minimum Gasteiger partial charge on any atom is -0.396 e. The molecule has 2 rings (SSSR count). The third-order valence-electron chi connectivity index (χ3n) is 3.21. The standard InChI is InChI=1S/C13H22N2OS/c1-13(2,3)12-14-11(9-17-12)7-15-5-4-10(6-15)8-16/h9-10,16H,4-8H2,1-3H3. The highest BCUT2D eigenvalue weighted by atomic mass is 32.1. The first-order chi connectivity index (χ1) is 7.99.